The van der Waals surface area contributed by atoms with Gasteiger partial charge in [-0.15, -0.1) is 0 Å². The molecule has 4 rings (SSSR count). The van der Waals surface area contributed by atoms with Crippen LogP contribution in [0, 0.1) is 13.8 Å². The molecular weight excluding hydrogens is 342 g/mol. The first kappa shape index (κ1) is 17.3. The van der Waals surface area contributed by atoms with Crippen molar-refractivity contribution >= 4 is 5.91 Å². The number of nitrogens with one attached hydrogen (secondary N) is 1. The van der Waals surface area contributed by atoms with E-state index < -0.39 is 0 Å². The van der Waals surface area contributed by atoms with Gasteiger partial charge in [0.1, 0.15) is 12.4 Å². The molecule has 1 N–H and O–H groups in total. The Labute approximate surface area is 157 Å². The number of para-hydroxylation sites is 1. The monoisotopic (exact) mass is 365 g/mol. The van der Waals surface area contributed by atoms with E-state index in [0.717, 1.165) is 29.3 Å². The van der Waals surface area contributed by atoms with Crippen LogP contribution in [0.4, 0.5) is 0 Å². The van der Waals surface area contributed by atoms with Crippen LogP contribution in [-0.4, -0.2) is 43.9 Å². The Morgan fingerprint density at radius 1 is 1.26 bits per heavy atom. The highest BCUT2D eigenvalue weighted by atomic mass is 16.5. The van der Waals surface area contributed by atoms with Gasteiger partial charge in [-0.1, -0.05) is 18.2 Å². The van der Waals surface area contributed by atoms with Gasteiger partial charge in [-0.2, -0.15) is 10.2 Å². The first-order chi connectivity index (χ1) is 13.1. The third kappa shape index (κ3) is 3.72. The number of nitrogens with zero attached hydrogens (tertiary/aromatic N) is 4. The van der Waals surface area contributed by atoms with Gasteiger partial charge in [-0.05, 0) is 44.5 Å². The Morgan fingerprint density at radius 2 is 2.07 bits per heavy atom. The fourth-order valence-corrected chi connectivity index (χ4v) is 3.53. The Hall–Kier alpha value is -3.09. The van der Waals surface area contributed by atoms with Crippen molar-refractivity contribution in [3.63, 3.8) is 0 Å². The molecule has 0 bridgehead atoms. The van der Waals surface area contributed by atoms with E-state index in [0.29, 0.717) is 25.4 Å². The van der Waals surface area contributed by atoms with E-state index in [1.54, 1.807) is 6.07 Å². The molecule has 0 radical (unpaired) electrons. The van der Waals surface area contributed by atoms with Crippen LogP contribution in [0.2, 0.25) is 0 Å². The zero-order valence-corrected chi connectivity index (χ0v) is 15.6. The van der Waals surface area contributed by atoms with Crippen LogP contribution in [0.3, 0.4) is 0 Å². The van der Waals surface area contributed by atoms with Gasteiger partial charge in [0.25, 0.3) is 5.91 Å². The summed E-state index contributed by atoms with van der Waals surface area (Å²) in [4.78, 5) is 14.6. The first-order valence-electron chi connectivity index (χ1n) is 9.14. The van der Waals surface area contributed by atoms with E-state index >= 15 is 0 Å². The number of H-pyrrole nitrogens is 1. The van der Waals surface area contributed by atoms with Crippen LogP contribution < -0.4 is 4.74 Å². The van der Waals surface area contributed by atoms with E-state index in [4.69, 9.17) is 4.74 Å². The predicted molar refractivity (Wildman–Crippen MR) is 101 cm³/mol. The zero-order chi connectivity index (χ0) is 18.8. The summed E-state index contributed by atoms with van der Waals surface area (Å²) in [5.41, 5.74) is 3.34. The number of amides is 1. The molecule has 7 nitrogen and oxygen atoms in total. The molecule has 0 spiro atoms. The third-order valence-electron chi connectivity index (χ3n) is 4.83. The topological polar surface area (TPSA) is 76.0 Å². The Kier molecular flexibility index (Phi) is 4.66. The Morgan fingerprint density at radius 3 is 2.81 bits per heavy atom. The average molecular weight is 365 g/mol. The Balaban J connectivity index is 1.37. The van der Waals surface area contributed by atoms with Crippen molar-refractivity contribution in [1.82, 2.24) is 24.9 Å². The lowest BCUT2D eigenvalue weighted by atomic mass is 10.2. The van der Waals surface area contributed by atoms with Crippen molar-refractivity contribution in [2.24, 2.45) is 0 Å². The number of aryl methyl sites for hydroxylation is 2. The van der Waals surface area contributed by atoms with Crippen molar-refractivity contribution in [1.29, 1.82) is 0 Å². The maximum Gasteiger partial charge on any atom is 0.274 e. The number of ether oxygens (including phenoxy) is 1. The Bertz CT molecular complexity index is 931. The lowest BCUT2D eigenvalue weighted by Gasteiger charge is -2.16. The van der Waals surface area contributed by atoms with Crippen LogP contribution >= 0.6 is 0 Å². The molecule has 1 aromatic carbocycles. The normalized spacial score (nSPS) is 16.7. The van der Waals surface area contributed by atoms with E-state index in [1.165, 1.54) is 0 Å². The largest absolute Gasteiger partial charge is 0.487 e. The quantitative estimate of drug-likeness (QED) is 0.754. The smallest absolute Gasteiger partial charge is 0.274 e. The summed E-state index contributed by atoms with van der Waals surface area (Å²) in [6, 6.07) is 13.6. The van der Waals surface area contributed by atoms with E-state index in [-0.39, 0.29) is 11.9 Å². The second kappa shape index (κ2) is 7.26. The summed E-state index contributed by atoms with van der Waals surface area (Å²) in [6.45, 7) is 5.76. The maximum absolute atomic E-state index is 12.8. The molecule has 0 saturated carbocycles. The molecule has 7 heteroatoms. The lowest BCUT2D eigenvalue weighted by molar-refractivity contribution is 0.0781. The number of carbonyl (C=O) groups excluding carboxylic acids is 1. The van der Waals surface area contributed by atoms with Crippen molar-refractivity contribution in [2.45, 2.75) is 32.9 Å². The summed E-state index contributed by atoms with van der Waals surface area (Å²) in [6.07, 6.45) is 0.905. The van der Waals surface area contributed by atoms with Crippen molar-refractivity contribution in [3.8, 4) is 5.75 Å². The maximum atomic E-state index is 12.8. The molecule has 1 fully saturated rings. The molecule has 1 saturated heterocycles. The van der Waals surface area contributed by atoms with Crippen molar-refractivity contribution < 1.29 is 9.53 Å². The average Bonchev–Trinajstić information content (AvgIpc) is 3.40. The number of hydrogen-bond donors (Lipinski definition) is 1. The highest BCUT2D eigenvalue weighted by Gasteiger charge is 2.30. The lowest BCUT2D eigenvalue weighted by Crippen LogP contribution is -2.29. The summed E-state index contributed by atoms with van der Waals surface area (Å²) >= 11 is 0. The molecular formula is C20H23N5O2. The number of benzene rings is 1. The minimum Gasteiger partial charge on any atom is -0.487 e. The minimum atomic E-state index is -0.0544. The number of aromatic nitrogens is 4. The summed E-state index contributed by atoms with van der Waals surface area (Å²) < 4.78 is 7.73. The first-order valence-corrected chi connectivity index (χ1v) is 9.14. The van der Waals surface area contributed by atoms with Crippen LogP contribution in [-0.2, 0) is 6.61 Å². The SMILES string of the molecule is Cc1cc(C)n([C@@H]2CCN(C(=O)c3cc(COc4ccccc4)[nH]n3)C2)n1. The molecule has 3 heterocycles. The summed E-state index contributed by atoms with van der Waals surface area (Å²) in [5, 5.41) is 11.6. The molecule has 2 aromatic heterocycles. The number of aromatic amines is 1. The highest BCUT2D eigenvalue weighted by molar-refractivity contribution is 5.92. The van der Waals surface area contributed by atoms with Crippen LogP contribution in [0.15, 0.2) is 42.5 Å². The molecule has 1 atom stereocenters. The van der Waals surface area contributed by atoms with Crippen LogP contribution in [0.5, 0.6) is 5.75 Å². The molecule has 0 aliphatic carbocycles. The van der Waals surface area contributed by atoms with Gasteiger partial charge in [-0.25, -0.2) is 0 Å². The number of likely N-dealkylation sites (tertiary alicyclic amines) is 1. The molecule has 1 aliphatic heterocycles. The molecule has 0 unspecified atom stereocenters. The second-order valence-electron chi connectivity index (χ2n) is 6.95. The molecule has 1 aliphatic rings. The van der Waals surface area contributed by atoms with Gasteiger partial charge in [0.2, 0.25) is 0 Å². The zero-order valence-electron chi connectivity index (χ0n) is 15.6. The summed E-state index contributed by atoms with van der Waals surface area (Å²) in [5.74, 6) is 0.730. The third-order valence-corrected chi connectivity index (χ3v) is 4.83. The standard InChI is InChI=1S/C20H23N5O2/c1-14-10-15(2)25(23-14)17-8-9-24(12-17)20(26)19-11-16(21-22-19)13-27-18-6-4-3-5-7-18/h3-7,10-11,17H,8-9,12-13H2,1-2H3,(H,21,22)/t17-/m1/s1. The van der Waals surface area contributed by atoms with E-state index in [1.807, 2.05) is 46.8 Å². The van der Waals surface area contributed by atoms with Gasteiger partial charge >= 0.3 is 0 Å². The predicted octanol–water partition coefficient (Wildman–Crippen LogP) is 2.89. The molecule has 27 heavy (non-hydrogen) atoms. The van der Waals surface area contributed by atoms with Gasteiger partial charge in [-0.3, -0.25) is 14.6 Å². The molecule has 140 valence electrons. The molecule has 3 aromatic rings. The van der Waals surface area contributed by atoms with E-state index in [2.05, 4.69) is 28.3 Å². The fourth-order valence-electron chi connectivity index (χ4n) is 3.53. The van der Waals surface area contributed by atoms with Gasteiger partial charge in [0.15, 0.2) is 5.69 Å². The van der Waals surface area contributed by atoms with E-state index in [9.17, 15) is 4.79 Å². The number of carbonyl (C=O) groups is 1. The number of hydrogen-bond acceptors (Lipinski definition) is 4. The minimum absolute atomic E-state index is 0.0544. The fraction of sp³-hybridized carbons (Fsp3) is 0.350. The van der Waals surface area contributed by atoms with Crippen molar-refractivity contribution in [2.75, 3.05) is 13.1 Å². The van der Waals surface area contributed by atoms with Gasteiger partial charge in [0.05, 0.1) is 17.4 Å². The van der Waals surface area contributed by atoms with Gasteiger partial charge < -0.3 is 9.64 Å². The number of rotatable bonds is 5. The second-order valence-corrected chi connectivity index (χ2v) is 6.95. The highest BCUT2D eigenvalue weighted by Crippen LogP contribution is 2.24. The van der Waals surface area contributed by atoms with Crippen LogP contribution in [0.25, 0.3) is 0 Å². The van der Waals surface area contributed by atoms with Gasteiger partial charge in [0, 0.05) is 18.8 Å². The summed E-state index contributed by atoms with van der Waals surface area (Å²) in [7, 11) is 0. The molecule has 1 amide bonds. The van der Waals surface area contributed by atoms with Crippen molar-refractivity contribution in [3.05, 3.63) is 65.2 Å². The van der Waals surface area contributed by atoms with Crippen LogP contribution in [0.1, 0.15) is 40.0 Å².